The Bertz CT molecular complexity index is 533. The lowest BCUT2D eigenvalue weighted by molar-refractivity contribution is 0.810. The monoisotopic (exact) mass is 227 g/mol. The zero-order valence-electron chi connectivity index (χ0n) is 10.7. The van der Waals surface area contributed by atoms with E-state index in [0.29, 0.717) is 5.92 Å². The Morgan fingerprint density at radius 1 is 0.941 bits per heavy atom. The Labute approximate surface area is 102 Å². The lowest BCUT2D eigenvalue weighted by atomic mass is 10.1. The molecule has 0 aliphatic heterocycles. The summed E-state index contributed by atoms with van der Waals surface area (Å²) in [7, 11) is 0. The van der Waals surface area contributed by atoms with E-state index in [0.717, 1.165) is 28.6 Å². The summed E-state index contributed by atoms with van der Waals surface area (Å²) in [5, 5.41) is 0. The zero-order chi connectivity index (χ0) is 12.4. The summed E-state index contributed by atoms with van der Waals surface area (Å²) in [6, 6.07) is 7.94. The Balaban J connectivity index is 2.52. The van der Waals surface area contributed by atoms with Crippen LogP contribution in [0.15, 0.2) is 24.3 Å². The third-order valence-corrected chi connectivity index (χ3v) is 2.58. The fourth-order valence-corrected chi connectivity index (χ4v) is 1.67. The zero-order valence-corrected chi connectivity index (χ0v) is 10.7. The van der Waals surface area contributed by atoms with Gasteiger partial charge in [0.25, 0.3) is 0 Å². The van der Waals surface area contributed by atoms with Gasteiger partial charge in [-0.25, -0.2) is 15.0 Å². The highest BCUT2D eigenvalue weighted by atomic mass is 14.9. The average molecular weight is 227 g/mol. The number of aromatic nitrogens is 3. The fourth-order valence-electron chi connectivity index (χ4n) is 1.67. The first kappa shape index (κ1) is 11.7. The Morgan fingerprint density at radius 2 is 1.71 bits per heavy atom. The van der Waals surface area contributed by atoms with Crippen molar-refractivity contribution in [2.75, 3.05) is 0 Å². The summed E-state index contributed by atoms with van der Waals surface area (Å²) in [5.41, 5.74) is 3.88. The molecule has 0 N–H and O–H groups in total. The normalized spacial score (nSPS) is 10.9. The standard InChI is InChI=1S/C14H17N3/c1-9(2)13-8-11(4)16-14(17-13)12-7-5-6-10(3)15-12/h5-9H,1-4H3. The van der Waals surface area contributed by atoms with Gasteiger partial charge >= 0.3 is 0 Å². The molecule has 0 aliphatic rings. The van der Waals surface area contributed by atoms with Crippen molar-refractivity contribution in [2.45, 2.75) is 33.6 Å². The van der Waals surface area contributed by atoms with Crippen molar-refractivity contribution >= 4 is 0 Å². The first-order chi connectivity index (χ1) is 8.06. The van der Waals surface area contributed by atoms with Crippen LogP contribution in [0.2, 0.25) is 0 Å². The smallest absolute Gasteiger partial charge is 0.178 e. The largest absolute Gasteiger partial charge is 0.250 e. The molecular weight excluding hydrogens is 210 g/mol. The van der Waals surface area contributed by atoms with Crippen molar-refractivity contribution in [3.63, 3.8) is 0 Å². The molecule has 17 heavy (non-hydrogen) atoms. The van der Waals surface area contributed by atoms with Crippen LogP contribution in [0.1, 0.15) is 36.8 Å². The molecule has 2 aromatic rings. The van der Waals surface area contributed by atoms with E-state index in [1.165, 1.54) is 0 Å². The quantitative estimate of drug-likeness (QED) is 0.790. The van der Waals surface area contributed by atoms with Crippen molar-refractivity contribution in [1.29, 1.82) is 0 Å². The van der Waals surface area contributed by atoms with Gasteiger partial charge in [-0.15, -0.1) is 0 Å². The van der Waals surface area contributed by atoms with Gasteiger partial charge in [0.05, 0.1) is 0 Å². The van der Waals surface area contributed by atoms with Crippen molar-refractivity contribution in [1.82, 2.24) is 15.0 Å². The van der Waals surface area contributed by atoms with Gasteiger partial charge in [0.15, 0.2) is 5.82 Å². The second-order valence-corrected chi connectivity index (χ2v) is 4.58. The minimum Gasteiger partial charge on any atom is -0.250 e. The third kappa shape index (κ3) is 2.67. The predicted molar refractivity (Wildman–Crippen MR) is 68.8 cm³/mol. The first-order valence-corrected chi connectivity index (χ1v) is 5.86. The summed E-state index contributed by atoms with van der Waals surface area (Å²) in [6.45, 7) is 8.24. The number of hydrogen-bond donors (Lipinski definition) is 0. The van der Waals surface area contributed by atoms with E-state index in [4.69, 9.17) is 0 Å². The van der Waals surface area contributed by atoms with Gasteiger partial charge in [0.1, 0.15) is 5.69 Å². The Morgan fingerprint density at radius 3 is 2.35 bits per heavy atom. The number of aryl methyl sites for hydroxylation is 2. The van der Waals surface area contributed by atoms with E-state index < -0.39 is 0 Å². The van der Waals surface area contributed by atoms with Crippen LogP contribution in [0, 0.1) is 13.8 Å². The predicted octanol–water partition coefficient (Wildman–Crippen LogP) is 3.28. The summed E-state index contributed by atoms with van der Waals surface area (Å²) >= 11 is 0. The highest BCUT2D eigenvalue weighted by Crippen LogP contribution is 2.18. The molecule has 0 unspecified atom stereocenters. The van der Waals surface area contributed by atoms with Crippen LogP contribution < -0.4 is 0 Å². The maximum atomic E-state index is 4.57. The number of hydrogen-bond acceptors (Lipinski definition) is 3. The Kier molecular flexibility index (Phi) is 3.18. The topological polar surface area (TPSA) is 38.7 Å². The number of rotatable bonds is 2. The van der Waals surface area contributed by atoms with Crippen LogP contribution in [-0.4, -0.2) is 15.0 Å². The summed E-state index contributed by atoms with van der Waals surface area (Å²) in [6.07, 6.45) is 0. The molecular formula is C14H17N3. The van der Waals surface area contributed by atoms with Gasteiger partial charge in [-0.1, -0.05) is 19.9 Å². The van der Waals surface area contributed by atoms with Gasteiger partial charge in [-0.2, -0.15) is 0 Å². The highest BCUT2D eigenvalue weighted by molar-refractivity contribution is 5.49. The van der Waals surface area contributed by atoms with Crippen molar-refractivity contribution < 1.29 is 0 Å². The van der Waals surface area contributed by atoms with E-state index in [1.54, 1.807) is 0 Å². The van der Waals surface area contributed by atoms with Crippen LogP contribution in [0.3, 0.4) is 0 Å². The van der Waals surface area contributed by atoms with E-state index >= 15 is 0 Å². The summed E-state index contributed by atoms with van der Waals surface area (Å²) < 4.78 is 0. The summed E-state index contributed by atoms with van der Waals surface area (Å²) in [5.74, 6) is 1.12. The van der Waals surface area contributed by atoms with E-state index in [-0.39, 0.29) is 0 Å². The molecule has 0 fully saturated rings. The van der Waals surface area contributed by atoms with Crippen LogP contribution in [0.5, 0.6) is 0 Å². The first-order valence-electron chi connectivity index (χ1n) is 5.86. The molecule has 0 aromatic carbocycles. The number of nitrogens with zero attached hydrogens (tertiary/aromatic N) is 3. The molecule has 0 spiro atoms. The van der Waals surface area contributed by atoms with Crippen molar-refractivity contribution in [3.8, 4) is 11.5 Å². The average Bonchev–Trinajstić information content (AvgIpc) is 2.28. The molecule has 88 valence electrons. The van der Waals surface area contributed by atoms with Crippen LogP contribution in [-0.2, 0) is 0 Å². The van der Waals surface area contributed by atoms with Gasteiger partial charge in [-0.3, -0.25) is 0 Å². The molecule has 0 aliphatic carbocycles. The van der Waals surface area contributed by atoms with Crippen molar-refractivity contribution in [2.24, 2.45) is 0 Å². The molecule has 2 heterocycles. The van der Waals surface area contributed by atoms with Gasteiger partial charge in [-0.05, 0) is 38.0 Å². The molecule has 2 rings (SSSR count). The third-order valence-electron chi connectivity index (χ3n) is 2.58. The molecule has 0 amide bonds. The molecule has 0 saturated carbocycles. The van der Waals surface area contributed by atoms with Crippen molar-refractivity contribution in [3.05, 3.63) is 41.3 Å². The minimum atomic E-state index is 0.403. The lowest BCUT2D eigenvalue weighted by Crippen LogP contribution is -2.01. The number of pyridine rings is 1. The molecule has 0 saturated heterocycles. The minimum absolute atomic E-state index is 0.403. The molecule has 2 aromatic heterocycles. The lowest BCUT2D eigenvalue weighted by Gasteiger charge is -2.08. The summed E-state index contributed by atoms with van der Waals surface area (Å²) in [4.78, 5) is 13.5. The Hall–Kier alpha value is -1.77. The molecule has 3 heteroatoms. The van der Waals surface area contributed by atoms with E-state index in [2.05, 4.69) is 28.8 Å². The molecule has 0 bridgehead atoms. The second kappa shape index (κ2) is 4.62. The van der Waals surface area contributed by atoms with Crippen LogP contribution in [0.4, 0.5) is 0 Å². The molecule has 0 atom stereocenters. The van der Waals surface area contributed by atoms with Crippen LogP contribution in [0.25, 0.3) is 11.5 Å². The van der Waals surface area contributed by atoms with E-state index in [1.807, 2.05) is 38.1 Å². The van der Waals surface area contributed by atoms with Gasteiger partial charge in [0, 0.05) is 17.1 Å². The molecule has 3 nitrogen and oxygen atoms in total. The second-order valence-electron chi connectivity index (χ2n) is 4.58. The van der Waals surface area contributed by atoms with Crippen LogP contribution >= 0.6 is 0 Å². The van der Waals surface area contributed by atoms with E-state index in [9.17, 15) is 0 Å². The molecule has 0 radical (unpaired) electrons. The SMILES string of the molecule is Cc1cccc(-c2nc(C)cc(C(C)C)n2)n1. The highest BCUT2D eigenvalue weighted by Gasteiger charge is 2.08. The maximum absolute atomic E-state index is 4.57. The van der Waals surface area contributed by atoms with Gasteiger partial charge in [0.2, 0.25) is 0 Å². The maximum Gasteiger partial charge on any atom is 0.178 e. The fraction of sp³-hybridized carbons (Fsp3) is 0.357. The van der Waals surface area contributed by atoms with Gasteiger partial charge < -0.3 is 0 Å².